The van der Waals surface area contributed by atoms with Crippen LogP contribution in [0.5, 0.6) is 5.75 Å². The van der Waals surface area contributed by atoms with E-state index >= 15 is 0 Å². The molecule has 140 valence electrons. The van der Waals surface area contributed by atoms with Gasteiger partial charge in [0.05, 0.1) is 12.0 Å². The first-order chi connectivity index (χ1) is 12.5. The minimum atomic E-state index is -3.46. The van der Waals surface area contributed by atoms with E-state index in [-0.39, 0.29) is 6.04 Å². The SMILES string of the molecule is COc1ccc(S(=O)(=O)N2CCN(CCc3ccccc3)C(C)C2)cc1. The molecule has 26 heavy (non-hydrogen) atoms. The summed E-state index contributed by atoms with van der Waals surface area (Å²) >= 11 is 0. The summed E-state index contributed by atoms with van der Waals surface area (Å²) in [5.41, 5.74) is 1.31. The Kier molecular flexibility index (Phi) is 5.96. The molecular weight excluding hydrogens is 348 g/mol. The van der Waals surface area contributed by atoms with Crippen LogP contribution in [0.15, 0.2) is 59.5 Å². The Morgan fingerprint density at radius 1 is 1.04 bits per heavy atom. The quantitative estimate of drug-likeness (QED) is 0.780. The summed E-state index contributed by atoms with van der Waals surface area (Å²) < 4.78 is 32.5. The van der Waals surface area contributed by atoms with Gasteiger partial charge >= 0.3 is 0 Å². The number of ether oxygens (including phenoxy) is 1. The van der Waals surface area contributed by atoms with E-state index in [4.69, 9.17) is 4.74 Å². The number of nitrogens with zero attached hydrogens (tertiary/aromatic N) is 2. The molecule has 1 heterocycles. The lowest BCUT2D eigenvalue weighted by Gasteiger charge is -2.39. The molecule has 1 fully saturated rings. The Morgan fingerprint density at radius 3 is 2.35 bits per heavy atom. The molecule has 6 heteroatoms. The van der Waals surface area contributed by atoms with Gasteiger partial charge in [0.15, 0.2) is 0 Å². The molecular formula is C20H26N2O3S. The Morgan fingerprint density at radius 2 is 1.73 bits per heavy atom. The number of benzene rings is 2. The molecule has 0 aromatic heterocycles. The molecule has 0 spiro atoms. The lowest BCUT2D eigenvalue weighted by Crippen LogP contribution is -2.53. The van der Waals surface area contributed by atoms with Crippen LogP contribution in [-0.2, 0) is 16.4 Å². The minimum absolute atomic E-state index is 0.195. The van der Waals surface area contributed by atoms with Crippen LogP contribution in [-0.4, -0.2) is 57.0 Å². The van der Waals surface area contributed by atoms with Gasteiger partial charge in [-0.3, -0.25) is 4.90 Å². The smallest absolute Gasteiger partial charge is 0.243 e. The molecule has 2 aromatic carbocycles. The molecule has 1 aliphatic heterocycles. The topological polar surface area (TPSA) is 49.9 Å². The highest BCUT2D eigenvalue weighted by Gasteiger charge is 2.32. The fourth-order valence-corrected chi connectivity index (χ4v) is 4.84. The van der Waals surface area contributed by atoms with Crippen LogP contribution in [0.25, 0.3) is 0 Å². The molecule has 1 saturated heterocycles. The van der Waals surface area contributed by atoms with E-state index < -0.39 is 10.0 Å². The van der Waals surface area contributed by atoms with E-state index in [0.717, 1.165) is 19.5 Å². The highest BCUT2D eigenvalue weighted by atomic mass is 32.2. The lowest BCUT2D eigenvalue weighted by atomic mass is 10.1. The monoisotopic (exact) mass is 374 g/mol. The van der Waals surface area contributed by atoms with Crippen LogP contribution in [0.4, 0.5) is 0 Å². The highest BCUT2D eigenvalue weighted by molar-refractivity contribution is 7.89. The first kappa shape index (κ1) is 18.9. The fourth-order valence-electron chi connectivity index (χ4n) is 3.33. The fraction of sp³-hybridized carbons (Fsp3) is 0.400. The molecule has 0 aliphatic carbocycles. The van der Waals surface area contributed by atoms with Gasteiger partial charge in [0.25, 0.3) is 0 Å². The maximum atomic E-state index is 12.9. The number of methoxy groups -OCH3 is 1. The second-order valence-corrected chi connectivity index (χ2v) is 8.60. The molecule has 0 amide bonds. The van der Waals surface area contributed by atoms with Gasteiger partial charge in [-0.2, -0.15) is 4.31 Å². The molecule has 0 radical (unpaired) electrons. The van der Waals surface area contributed by atoms with Crippen LogP contribution in [0, 0.1) is 0 Å². The summed E-state index contributed by atoms with van der Waals surface area (Å²) in [6, 6.07) is 17.2. The van der Waals surface area contributed by atoms with E-state index in [0.29, 0.717) is 23.7 Å². The van der Waals surface area contributed by atoms with Crippen molar-refractivity contribution >= 4 is 10.0 Å². The maximum absolute atomic E-state index is 12.9. The van der Waals surface area contributed by atoms with Crippen LogP contribution in [0.1, 0.15) is 12.5 Å². The van der Waals surface area contributed by atoms with Gasteiger partial charge in [0.1, 0.15) is 5.75 Å². The zero-order valence-corrected chi connectivity index (χ0v) is 16.2. The number of sulfonamides is 1. The number of rotatable bonds is 6. The van der Waals surface area contributed by atoms with E-state index in [9.17, 15) is 8.42 Å². The van der Waals surface area contributed by atoms with Crippen molar-refractivity contribution < 1.29 is 13.2 Å². The van der Waals surface area contributed by atoms with Gasteiger partial charge in [0.2, 0.25) is 10.0 Å². The van der Waals surface area contributed by atoms with Gasteiger partial charge in [0, 0.05) is 32.2 Å². The maximum Gasteiger partial charge on any atom is 0.243 e. The Labute approximate surface area is 156 Å². The molecule has 0 saturated carbocycles. The van der Waals surface area contributed by atoms with Gasteiger partial charge < -0.3 is 4.74 Å². The predicted octanol–water partition coefficient (Wildman–Crippen LogP) is 2.63. The number of hydrogen-bond acceptors (Lipinski definition) is 4. The molecule has 1 aliphatic rings. The van der Waals surface area contributed by atoms with Crippen molar-refractivity contribution in [2.24, 2.45) is 0 Å². The highest BCUT2D eigenvalue weighted by Crippen LogP contribution is 2.22. The van der Waals surface area contributed by atoms with Crippen molar-refractivity contribution in [1.82, 2.24) is 9.21 Å². The van der Waals surface area contributed by atoms with Gasteiger partial charge in [-0.05, 0) is 43.2 Å². The Bertz CT molecular complexity index is 807. The average molecular weight is 375 g/mol. The van der Waals surface area contributed by atoms with Gasteiger partial charge in [-0.25, -0.2) is 8.42 Å². The summed E-state index contributed by atoms with van der Waals surface area (Å²) in [5, 5.41) is 0. The zero-order valence-electron chi connectivity index (χ0n) is 15.3. The van der Waals surface area contributed by atoms with Crippen LogP contribution >= 0.6 is 0 Å². The van der Waals surface area contributed by atoms with E-state index in [1.54, 1.807) is 35.7 Å². The predicted molar refractivity (Wildman–Crippen MR) is 103 cm³/mol. The van der Waals surface area contributed by atoms with Crippen molar-refractivity contribution in [3.63, 3.8) is 0 Å². The second kappa shape index (κ2) is 8.20. The third kappa shape index (κ3) is 4.26. The minimum Gasteiger partial charge on any atom is -0.497 e. The molecule has 1 atom stereocenters. The summed E-state index contributed by atoms with van der Waals surface area (Å²) in [7, 11) is -1.89. The van der Waals surface area contributed by atoms with Crippen LogP contribution < -0.4 is 4.74 Å². The first-order valence-electron chi connectivity index (χ1n) is 8.93. The normalized spacial score (nSPS) is 19.4. The average Bonchev–Trinajstić information content (AvgIpc) is 2.68. The Hall–Kier alpha value is -1.89. The summed E-state index contributed by atoms with van der Waals surface area (Å²) in [5.74, 6) is 0.656. The van der Waals surface area contributed by atoms with Gasteiger partial charge in [-0.1, -0.05) is 30.3 Å². The summed E-state index contributed by atoms with van der Waals surface area (Å²) in [6.45, 7) is 4.84. The summed E-state index contributed by atoms with van der Waals surface area (Å²) in [6.07, 6.45) is 0.983. The van der Waals surface area contributed by atoms with Crippen molar-refractivity contribution in [2.75, 3.05) is 33.3 Å². The van der Waals surface area contributed by atoms with Crippen LogP contribution in [0.2, 0.25) is 0 Å². The number of hydrogen-bond donors (Lipinski definition) is 0. The Balaban J connectivity index is 1.61. The molecule has 0 bridgehead atoms. The molecule has 5 nitrogen and oxygen atoms in total. The zero-order chi connectivity index (χ0) is 18.6. The molecule has 3 rings (SSSR count). The van der Waals surface area contributed by atoms with Crippen molar-refractivity contribution in [3.05, 3.63) is 60.2 Å². The van der Waals surface area contributed by atoms with Gasteiger partial charge in [-0.15, -0.1) is 0 Å². The third-order valence-corrected chi connectivity index (χ3v) is 6.83. The van der Waals surface area contributed by atoms with Crippen molar-refractivity contribution in [3.8, 4) is 5.75 Å². The second-order valence-electron chi connectivity index (χ2n) is 6.66. The lowest BCUT2D eigenvalue weighted by molar-refractivity contribution is 0.130. The van der Waals surface area contributed by atoms with Crippen molar-refractivity contribution in [1.29, 1.82) is 0 Å². The largest absolute Gasteiger partial charge is 0.497 e. The number of piperazine rings is 1. The third-order valence-electron chi connectivity index (χ3n) is 4.96. The van der Waals surface area contributed by atoms with E-state index in [1.165, 1.54) is 5.56 Å². The molecule has 1 unspecified atom stereocenters. The van der Waals surface area contributed by atoms with Crippen LogP contribution in [0.3, 0.4) is 0 Å². The summed E-state index contributed by atoms with van der Waals surface area (Å²) in [4.78, 5) is 2.69. The van der Waals surface area contributed by atoms with Crippen molar-refractivity contribution in [2.45, 2.75) is 24.3 Å². The molecule has 2 aromatic rings. The standard InChI is InChI=1S/C20H26N2O3S/c1-17-16-22(26(23,24)20-10-8-19(25-2)9-11-20)15-14-21(17)13-12-18-6-4-3-5-7-18/h3-11,17H,12-16H2,1-2H3. The first-order valence-corrected chi connectivity index (χ1v) is 10.4. The molecule has 0 N–H and O–H groups in total. The van der Waals surface area contributed by atoms with E-state index in [2.05, 4.69) is 36.1 Å². The van der Waals surface area contributed by atoms with E-state index in [1.807, 2.05) is 6.07 Å².